The van der Waals surface area contributed by atoms with Crippen LogP contribution in [0.25, 0.3) is 0 Å². The van der Waals surface area contributed by atoms with Gasteiger partial charge in [0.1, 0.15) is 0 Å². The first-order chi connectivity index (χ1) is 4.02. The van der Waals surface area contributed by atoms with Gasteiger partial charge in [0.25, 0.3) is 0 Å². The summed E-state index contributed by atoms with van der Waals surface area (Å²) in [6.45, 7) is 3.72. The maximum atomic E-state index is 10.9. The summed E-state index contributed by atoms with van der Waals surface area (Å²) < 4.78 is 21.9. The van der Waals surface area contributed by atoms with Crippen molar-refractivity contribution in [1.82, 2.24) is 0 Å². The van der Waals surface area contributed by atoms with Gasteiger partial charge in [0, 0.05) is 5.25 Å². The van der Waals surface area contributed by atoms with Crippen molar-refractivity contribution in [1.29, 1.82) is 0 Å². The highest BCUT2D eigenvalue weighted by Gasteiger charge is 2.33. The lowest BCUT2D eigenvalue weighted by atomic mass is 10.3. The topological polar surface area (TPSA) is 34.1 Å². The molecule has 0 aromatic carbocycles. The van der Waals surface area contributed by atoms with Crippen LogP contribution in [-0.4, -0.2) is 18.9 Å². The number of hydrogen-bond donors (Lipinski definition) is 0. The van der Waals surface area contributed by atoms with Gasteiger partial charge in [0.15, 0.2) is 0 Å². The van der Waals surface area contributed by atoms with Gasteiger partial charge < -0.3 is 0 Å². The smallest absolute Gasteiger partial charge is 0.204 e. The number of rotatable bonds is 0. The average molecular weight is 166 g/mol. The Hall–Kier alpha value is 0.300. The second-order valence-corrected chi connectivity index (χ2v) is 7.20. The van der Waals surface area contributed by atoms with Gasteiger partial charge in [-0.1, -0.05) is 6.92 Å². The molecule has 0 radical (unpaired) electrons. The first-order valence-corrected chi connectivity index (χ1v) is 5.89. The molecule has 1 fully saturated rings. The van der Waals surface area contributed by atoms with Crippen LogP contribution in [0.15, 0.2) is 0 Å². The fourth-order valence-corrected chi connectivity index (χ4v) is 5.02. The van der Waals surface area contributed by atoms with Gasteiger partial charge >= 0.3 is 0 Å². The molecule has 1 aliphatic heterocycles. The summed E-state index contributed by atoms with van der Waals surface area (Å²) in [5, 5.41) is 0.169. The van der Waals surface area contributed by atoms with E-state index in [9.17, 15) is 8.42 Å². The Balaban J connectivity index is 2.83. The molecule has 0 saturated carbocycles. The van der Waals surface area contributed by atoms with Gasteiger partial charge in [-0.2, -0.15) is 0 Å². The van der Waals surface area contributed by atoms with Gasteiger partial charge in [0.2, 0.25) is 8.87 Å². The van der Waals surface area contributed by atoms with Crippen molar-refractivity contribution in [3.8, 4) is 0 Å². The van der Waals surface area contributed by atoms with Gasteiger partial charge in [0.05, 0.1) is 5.25 Å². The van der Waals surface area contributed by atoms with Crippen LogP contribution >= 0.6 is 10.8 Å². The molecule has 0 aliphatic carbocycles. The highest BCUT2D eigenvalue weighted by atomic mass is 33.1. The molecule has 2 unspecified atom stereocenters. The highest BCUT2D eigenvalue weighted by Crippen LogP contribution is 2.36. The van der Waals surface area contributed by atoms with E-state index in [1.54, 1.807) is 6.92 Å². The molecule has 0 spiro atoms. The molecule has 0 bridgehead atoms. The van der Waals surface area contributed by atoms with E-state index in [4.69, 9.17) is 0 Å². The summed E-state index contributed by atoms with van der Waals surface area (Å²) in [4.78, 5) is 0. The van der Waals surface area contributed by atoms with Crippen LogP contribution in [0.5, 0.6) is 0 Å². The molecule has 1 saturated heterocycles. The van der Waals surface area contributed by atoms with E-state index >= 15 is 0 Å². The zero-order valence-corrected chi connectivity index (χ0v) is 7.13. The van der Waals surface area contributed by atoms with Crippen LogP contribution in [-0.2, 0) is 8.87 Å². The predicted octanol–water partition coefficient (Wildman–Crippen LogP) is 1.23. The normalized spacial score (nSPS) is 41.1. The van der Waals surface area contributed by atoms with Crippen molar-refractivity contribution < 1.29 is 8.42 Å². The average Bonchev–Trinajstić information content (AvgIpc) is 1.79. The molecule has 2 nitrogen and oxygen atoms in total. The Bertz CT molecular complexity index is 195. The van der Waals surface area contributed by atoms with E-state index in [1.807, 2.05) is 6.92 Å². The Morgan fingerprint density at radius 1 is 1.44 bits per heavy atom. The van der Waals surface area contributed by atoms with E-state index in [0.717, 1.165) is 17.2 Å². The van der Waals surface area contributed by atoms with E-state index in [0.29, 0.717) is 5.25 Å². The molecule has 9 heavy (non-hydrogen) atoms. The summed E-state index contributed by atoms with van der Waals surface area (Å²) in [6.07, 6.45) is 0.813. The molecule has 1 heterocycles. The van der Waals surface area contributed by atoms with Crippen LogP contribution in [0.4, 0.5) is 0 Å². The van der Waals surface area contributed by atoms with Gasteiger partial charge in [-0.15, -0.1) is 0 Å². The minimum atomic E-state index is -2.76. The number of hydrogen-bond acceptors (Lipinski definition) is 3. The Labute approximate surface area is 59.3 Å². The quantitative estimate of drug-likeness (QED) is 0.508. The molecule has 54 valence electrons. The van der Waals surface area contributed by atoms with E-state index in [2.05, 4.69) is 0 Å². The van der Waals surface area contributed by atoms with Crippen LogP contribution in [0.1, 0.15) is 20.3 Å². The second-order valence-electron chi connectivity index (χ2n) is 2.45. The van der Waals surface area contributed by atoms with Crippen molar-refractivity contribution >= 4 is 19.7 Å². The monoisotopic (exact) mass is 166 g/mol. The van der Waals surface area contributed by atoms with Gasteiger partial charge in [-0.25, -0.2) is 8.42 Å². The third kappa shape index (κ3) is 1.41. The third-order valence-electron chi connectivity index (χ3n) is 1.46. The molecule has 4 heteroatoms. The maximum Gasteiger partial charge on any atom is 0.204 e. The molecule has 1 rings (SSSR count). The molecule has 0 aromatic rings. The molecular weight excluding hydrogens is 156 g/mol. The Morgan fingerprint density at radius 3 is 2.11 bits per heavy atom. The molecule has 0 amide bonds. The van der Waals surface area contributed by atoms with Crippen molar-refractivity contribution in [3.63, 3.8) is 0 Å². The lowest BCUT2D eigenvalue weighted by Crippen LogP contribution is -2.05. The summed E-state index contributed by atoms with van der Waals surface area (Å²) in [5.74, 6) is 0. The van der Waals surface area contributed by atoms with Crippen LogP contribution in [0.3, 0.4) is 0 Å². The highest BCUT2D eigenvalue weighted by molar-refractivity contribution is 8.72. The molecule has 0 N–H and O–H groups in total. The molecule has 1 aliphatic rings. The Kier molecular flexibility index (Phi) is 1.78. The van der Waals surface area contributed by atoms with Gasteiger partial charge in [-0.05, 0) is 24.1 Å². The molecular formula is C5H10O2S2. The summed E-state index contributed by atoms with van der Waals surface area (Å²) in [5.41, 5.74) is 0. The fraction of sp³-hybridized carbons (Fsp3) is 1.00. The van der Waals surface area contributed by atoms with Crippen LogP contribution < -0.4 is 0 Å². The van der Waals surface area contributed by atoms with Crippen molar-refractivity contribution in [2.24, 2.45) is 0 Å². The van der Waals surface area contributed by atoms with Crippen molar-refractivity contribution in [2.45, 2.75) is 30.8 Å². The SMILES string of the molecule is CC1CC(C)S(=O)(=O)S1. The van der Waals surface area contributed by atoms with E-state index in [-0.39, 0.29) is 5.25 Å². The summed E-state index contributed by atoms with van der Waals surface area (Å²) in [7, 11) is -1.65. The lowest BCUT2D eigenvalue weighted by molar-refractivity contribution is 0.598. The van der Waals surface area contributed by atoms with Crippen molar-refractivity contribution in [3.05, 3.63) is 0 Å². The fourth-order valence-electron chi connectivity index (χ4n) is 0.948. The Morgan fingerprint density at radius 2 is 2.00 bits per heavy atom. The van der Waals surface area contributed by atoms with Crippen LogP contribution in [0, 0.1) is 0 Å². The van der Waals surface area contributed by atoms with Crippen LogP contribution in [0.2, 0.25) is 0 Å². The lowest BCUT2D eigenvalue weighted by Gasteiger charge is -1.94. The third-order valence-corrected chi connectivity index (χ3v) is 6.20. The summed E-state index contributed by atoms with van der Waals surface area (Å²) >= 11 is 0. The maximum absolute atomic E-state index is 10.9. The summed E-state index contributed by atoms with van der Waals surface area (Å²) in [6, 6.07) is 0. The molecule has 0 aromatic heterocycles. The standard InChI is InChI=1S/C5H10O2S2/c1-4-3-5(2)9(6,7)8-4/h4-5H,3H2,1-2H3. The van der Waals surface area contributed by atoms with E-state index < -0.39 is 8.87 Å². The van der Waals surface area contributed by atoms with Gasteiger partial charge in [-0.3, -0.25) is 0 Å². The van der Waals surface area contributed by atoms with Crippen molar-refractivity contribution in [2.75, 3.05) is 0 Å². The largest absolute Gasteiger partial charge is 0.217 e. The second kappa shape index (κ2) is 2.16. The predicted molar refractivity (Wildman–Crippen MR) is 40.1 cm³/mol. The first kappa shape index (κ1) is 7.41. The minimum absolute atomic E-state index is 0.127. The van der Waals surface area contributed by atoms with E-state index in [1.165, 1.54) is 0 Å². The zero-order valence-electron chi connectivity index (χ0n) is 5.49. The first-order valence-electron chi connectivity index (χ1n) is 2.94. The molecule has 2 atom stereocenters. The zero-order chi connectivity index (χ0) is 7.07. The minimum Gasteiger partial charge on any atom is -0.217 e.